The van der Waals surface area contributed by atoms with Crippen molar-refractivity contribution < 1.29 is 14.3 Å². The Balaban J connectivity index is 2.35. The lowest BCUT2D eigenvalue weighted by Gasteiger charge is -2.25. The standard InChI is InChI=1S/C14H18N2O3/c1-8-13(18)16-10-6-9(4-5-11(10)19-8)12(17)14(2,3)7-15/h4-6,8H,7,15H2,1-3H3,(H,16,18). The second kappa shape index (κ2) is 4.66. The fraction of sp³-hybridized carbons (Fsp3) is 0.429. The minimum Gasteiger partial charge on any atom is -0.479 e. The number of rotatable bonds is 3. The van der Waals surface area contributed by atoms with Gasteiger partial charge in [-0.1, -0.05) is 13.8 Å². The first-order valence-corrected chi connectivity index (χ1v) is 6.21. The number of carbonyl (C=O) groups is 2. The lowest BCUT2D eigenvalue weighted by molar-refractivity contribution is -0.122. The summed E-state index contributed by atoms with van der Waals surface area (Å²) in [5.74, 6) is 0.315. The molecule has 0 saturated carbocycles. The third-order valence-corrected chi connectivity index (χ3v) is 3.30. The van der Waals surface area contributed by atoms with E-state index in [2.05, 4.69) is 5.32 Å². The van der Waals surface area contributed by atoms with Crippen LogP contribution in [0.25, 0.3) is 0 Å². The molecule has 0 fully saturated rings. The lowest BCUT2D eigenvalue weighted by Crippen LogP contribution is -2.35. The summed E-state index contributed by atoms with van der Waals surface area (Å²) in [4.78, 5) is 23.8. The van der Waals surface area contributed by atoms with Gasteiger partial charge in [0.2, 0.25) is 0 Å². The van der Waals surface area contributed by atoms with Gasteiger partial charge in [0.1, 0.15) is 5.75 Å². The van der Waals surface area contributed by atoms with Crippen molar-refractivity contribution in [2.75, 3.05) is 11.9 Å². The van der Waals surface area contributed by atoms with Crippen LogP contribution < -0.4 is 15.8 Å². The third-order valence-electron chi connectivity index (χ3n) is 3.30. The van der Waals surface area contributed by atoms with Crippen LogP contribution in [-0.2, 0) is 4.79 Å². The maximum atomic E-state index is 12.3. The van der Waals surface area contributed by atoms with E-state index in [0.717, 1.165) is 0 Å². The van der Waals surface area contributed by atoms with E-state index in [1.807, 2.05) is 0 Å². The minimum atomic E-state index is -0.624. The Bertz CT molecular complexity index is 537. The molecule has 3 N–H and O–H groups in total. The summed E-state index contributed by atoms with van der Waals surface area (Å²) in [5.41, 5.74) is 6.03. The van der Waals surface area contributed by atoms with E-state index in [0.29, 0.717) is 17.0 Å². The Labute approximate surface area is 112 Å². The molecule has 1 unspecified atom stereocenters. The zero-order valence-corrected chi connectivity index (χ0v) is 11.3. The summed E-state index contributed by atoms with van der Waals surface area (Å²) in [6, 6.07) is 5.03. The van der Waals surface area contributed by atoms with Crippen LogP contribution in [0, 0.1) is 5.41 Å². The molecule has 1 atom stereocenters. The summed E-state index contributed by atoms with van der Waals surface area (Å²) >= 11 is 0. The normalized spacial score (nSPS) is 18.3. The van der Waals surface area contributed by atoms with Crippen LogP contribution >= 0.6 is 0 Å². The fourth-order valence-electron chi connectivity index (χ4n) is 1.83. The molecular weight excluding hydrogens is 244 g/mol. The number of carbonyl (C=O) groups excluding carboxylic acids is 2. The van der Waals surface area contributed by atoms with Crippen LogP contribution in [-0.4, -0.2) is 24.3 Å². The van der Waals surface area contributed by atoms with Gasteiger partial charge >= 0.3 is 0 Å². The van der Waals surface area contributed by atoms with Crippen molar-refractivity contribution in [3.05, 3.63) is 23.8 Å². The van der Waals surface area contributed by atoms with Crippen molar-refractivity contribution in [1.29, 1.82) is 0 Å². The Morgan fingerprint density at radius 3 is 2.79 bits per heavy atom. The quantitative estimate of drug-likeness (QED) is 0.810. The number of hydrogen-bond donors (Lipinski definition) is 2. The molecule has 1 aliphatic rings. The highest BCUT2D eigenvalue weighted by molar-refractivity contribution is 6.03. The molecule has 19 heavy (non-hydrogen) atoms. The van der Waals surface area contributed by atoms with Gasteiger partial charge in [-0.25, -0.2) is 0 Å². The predicted octanol–water partition coefficient (Wildman–Crippen LogP) is 1.57. The molecule has 1 aliphatic heterocycles. The van der Waals surface area contributed by atoms with E-state index in [4.69, 9.17) is 10.5 Å². The smallest absolute Gasteiger partial charge is 0.265 e. The zero-order chi connectivity index (χ0) is 14.2. The minimum absolute atomic E-state index is 0.0503. The second-order valence-electron chi connectivity index (χ2n) is 5.38. The number of nitrogens with one attached hydrogen (secondary N) is 1. The van der Waals surface area contributed by atoms with Gasteiger partial charge in [0, 0.05) is 17.5 Å². The van der Waals surface area contributed by atoms with E-state index in [1.165, 1.54) is 0 Å². The Kier molecular flexibility index (Phi) is 3.32. The molecule has 0 aliphatic carbocycles. The lowest BCUT2D eigenvalue weighted by atomic mass is 9.84. The molecule has 102 valence electrons. The van der Waals surface area contributed by atoms with Crippen molar-refractivity contribution in [2.24, 2.45) is 11.1 Å². The van der Waals surface area contributed by atoms with Gasteiger partial charge < -0.3 is 15.8 Å². The van der Waals surface area contributed by atoms with Crippen molar-refractivity contribution in [2.45, 2.75) is 26.9 Å². The van der Waals surface area contributed by atoms with Gasteiger partial charge in [-0.3, -0.25) is 9.59 Å². The molecule has 1 aromatic carbocycles. The molecule has 0 aromatic heterocycles. The zero-order valence-electron chi connectivity index (χ0n) is 11.3. The molecule has 0 spiro atoms. The average molecular weight is 262 g/mol. The Morgan fingerprint density at radius 2 is 2.16 bits per heavy atom. The highest BCUT2D eigenvalue weighted by Gasteiger charge is 2.29. The summed E-state index contributed by atoms with van der Waals surface area (Å²) in [7, 11) is 0. The van der Waals surface area contributed by atoms with Gasteiger partial charge in [-0.15, -0.1) is 0 Å². The van der Waals surface area contributed by atoms with Gasteiger partial charge in [0.05, 0.1) is 5.69 Å². The van der Waals surface area contributed by atoms with E-state index in [9.17, 15) is 9.59 Å². The molecular formula is C14H18N2O3. The SMILES string of the molecule is CC1Oc2ccc(C(=O)C(C)(C)CN)cc2NC1=O. The number of amides is 1. The van der Waals surface area contributed by atoms with Gasteiger partial charge in [-0.2, -0.15) is 0 Å². The average Bonchev–Trinajstić information content (AvgIpc) is 2.38. The Morgan fingerprint density at radius 1 is 1.47 bits per heavy atom. The summed E-state index contributed by atoms with van der Waals surface area (Å²) in [6.07, 6.45) is -0.519. The van der Waals surface area contributed by atoms with Crippen molar-refractivity contribution in [3.8, 4) is 5.75 Å². The first-order valence-electron chi connectivity index (χ1n) is 6.21. The van der Waals surface area contributed by atoms with Crippen LogP contribution in [0.1, 0.15) is 31.1 Å². The third kappa shape index (κ3) is 2.46. The molecule has 1 heterocycles. The van der Waals surface area contributed by atoms with Gasteiger partial charge in [0.25, 0.3) is 5.91 Å². The summed E-state index contributed by atoms with van der Waals surface area (Å²) in [6.45, 7) is 5.54. The molecule has 2 rings (SSSR count). The number of ether oxygens (including phenoxy) is 1. The highest BCUT2D eigenvalue weighted by Crippen LogP contribution is 2.32. The van der Waals surface area contributed by atoms with Crippen LogP contribution in [0.2, 0.25) is 0 Å². The van der Waals surface area contributed by atoms with Gasteiger partial charge in [0.15, 0.2) is 11.9 Å². The second-order valence-corrected chi connectivity index (χ2v) is 5.38. The number of Topliss-reactive ketones (excluding diaryl/α,β-unsaturated/α-hetero) is 1. The van der Waals surface area contributed by atoms with E-state index < -0.39 is 11.5 Å². The summed E-state index contributed by atoms with van der Waals surface area (Å²) in [5, 5.41) is 2.73. The van der Waals surface area contributed by atoms with Crippen molar-refractivity contribution in [1.82, 2.24) is 0 Å². The van der Waals surface area contributed by atoms with E-state index >= 15 is 0 Å². The maximum Gasteiger partial charge on any atom is 0.265 e. The van der Waals surface area contributed by atoms with Gasteiger partial charge in [-0.05, 0) is 25.1 Å². The molecule has 0 radical (unpaired) electrons. The monoisotopic (exact) mass is 262 g/mol. The van der Waals surface area contributed by atoms with Crippen molar-refractivity contribution in [3.63, 3.8) is 0 Å². The van der Waals surface area contributed by atoms with Crippen LogP contribution in [0.15, 0.2) is 18.2 Å². The number of anilines is 1. The molecule has 0 saturated heterocycles. The Hall–Kier alpha value is -1.88. The van der Waals surface area contributed by atoms with E-state index in [1.54, 1.807) is 39.0 Å². The molecule has 0 bridgehead atoms. The number of hydrogen-bond acceptors (Lipinski definition) is 4. The number of benzene rings is 1. The van der Waals surface area contributed by atoms with Crippen molar-refractivity contribution >= 4 is 17.4 Å². The topological polar surface area (TPSA) is 81.4 Å². The highest BCUT2D eigenvalue weighted by atomic mass is 16.5. The maximum absolute atomic E-state index is 12.3. The first kappa shape index (κ1) is 13.5. The first-order chi connectivity index (χ1) is 8.85. The molecule has 1 aromatic rings. The molecule has 5 heteroatoms. The largest absolute Gasteiger partial charge is 0.479 e. The van der Waals surface area contributed by atoms with Crippen LogP contribution in [0.4, 0.5) is 5.69 Å². The molecule has 5 nitrogen and oxygen atoms in total. The summed E-state index contributed by atoms with van der Waals surface area (Å²) < 4.78 is 5.44. The van der Waals surface area contributed by atoms with Crippen LogP contribution in [0.3, 0.4) is 0 Å². The number of fused-ring (bicyclic) bond motifs is 1. The molecule has 1 amide bonds. The number of ketones is 1. The predicted molar refractivity (Wildman–Crippen MR) is 72.3 cm³/mol. The number of nitrogens with two attached hydrogens (primary N) is 1. The van der Waals surface area contributed by atoms with Crippen LogP contribution in [0.5, 0.6) is 5.75 Å². The van der Waals surface area contributed by atoms with E-state index in [-0.39, 0.29) is 18.2 Å². The fourth-order valence-corrected chi connectivity index (χ4v) is 1.83.